The van der Waals surface area contributed by atoms with Gasteiger partial charge < -0.3 is 0 Å². The first-order valence-corrected chi connectivity index (χ1v) is 4.54. The molecule has 0 radical (unpaired) electrons. The number of carbonyl (C=O) groups excluding carboxylic acids is 1. The smallest absolute Gasteiger partial charge is 0.195 e. The molecule has 2 heteroatoms. The molecule has 1 atom stereocenters. The van der Waals surface area contributed by atoms with Crippen LogP contribution in [0.3, 0.4) is 0 Å². The van der Waals surface area contributed by atoms with Crippen molar-refractivity contribution in [2.24, 2.45) is 5.92 Å². The third-order valence-electron chi connectivity index (χ3n) is 1.31. The van der Waals surface area contributed by atoms with Gasteiger partial charge in [0.15, 0.2) is 5.12 Å². The highest BCUT2D eigenvalue weighted by molar-refractivity contribution is 8.13. The fourth-order valence-electron chi connectivity index (χ4n) is 0.679. The molecule has 0 amide bonds. The van der Waals surface area contributed by atoms with Gasteiger partial charge in [-0.3, -0.25) is 4.79 Å². The summed E-state index contributed by atoms with van der Waals surface area (Å²) in [6.07, 6.45) is 2.60. The fourth-order valence-corrected chi connectivity index (χ4v) is 1.44. The number of hydrogen-bond donors (Lipinski definition) is 0. The summed E-state index contributed by atoms with van der Waals surface area (Å²) in [4.78, 5) is 11.1. The van der Waals surface area contributed by atoms with Gasteiger partial charge in [-0.05, 0) is 12.2 Å². The van der Waals surface area contributed by atoms with E-state index in [0.717, 1.165) is 12.2 Å². The summed E-state index contributed by atoms with van der Waals surface area (Å²) in [5.74, 6) is 0.924. The number of hydrogen-bond acceptors (Lipinski definition) is 2. The lowest BCUT2D eigenvalue weighted by atomic mass is 10.1. The molecule has 0 aromatic carbocycles. The quantitative estimate of drug-likeness (QED) is 0.585. The molecular weight excluding hydrogens is 144 g/mol. The normalized spacial score (nSPS) is 12.6. The number of allylic oxidation sites excluding steroid dienone is 1. The molecule has 0 saturated carbocycles. The summed E-state index contributed by atoms with van der Waals surface area (Å²) < 4.78 is 0. The Hall–Kier alpha value is -0.240. The van der Waals surface area contributed by atoms with Crippen molar-refractivity contribution < 1.29 is 4.79 Å². The van der Waals surface area contributed by atoms with Gasteiger partial charge in [-0.15, -0.1) is 6.58 Å². The Morgan fingerprint density at radius 1 is 1.70 bits per heavy atom. The third-order valence-corrected chi connectivity index (χ3v) is 2.19. The van der Waals surface area contributed by atoms with Crippen LogP contribution in [0.4, 0.5) is 0 Å². The Bertz CT molecular complexity index is 120. The lowest BCUT2D eigenvalue weighted by molar-refractivity contribution is -0.113. The monoisotopic (exact) mass is 158 g/mol. The SMILES string of the molecule is C=CC(CC)C(=O)SCC. The van der Waals surface area contributed by atoms with Gasteiger partial charge in [-0.2, -0.15) is 0 Å². The third kappa shape index (κ3) is 3.06. The van der Waals surface area contributed by atoms with Crippen molar-refractivity contribution in [1.29, 1.82) is 0 Å². The zero-order chi connectivity index (χ0) is 7.98. The molecule has 0 aromatic heterocycles. The van der Waals surface area contributed by atoms with Crippen molar-refractivity contribution in [3.8, 4) is 0 Å². The van der Waals surface area contributed by atoms with Crippen molar-refractivity contribution in [2.45, 2.75) is 20.3 Å². The molecule has 58 valence electrons. The second-order valence-corrected chi connectivity index (χ2v) is 3.27. The summed E-state index contributed by atoms with van der Waals surface area (Å²) in [7, 11) is 0. The molecule has 0 N–H and O–H groups in total. The van der Waals surface area contributed by atoms with Crippen LogP contribution in [-0.4, -0.2) is 10.9 Å². The lowest BCUT2D eigenvalue weighted by Crippen LogP contribution is -2.06. The first-order valence-electron chi connectivity index (χ1n) is 3.55. The summed E-state index contributed by atoms with van der Waals surface area (Å²) in [5, 5.41) is 0.250. The molecule has 0 saturated heterocycles. The van der Waals surface area contributed by atoms with Crippen LogP contribution in [0.5, 0.6) is 0 Å². The molecule has 0 aliphatic carbocycles. The minimum atomic E-state index is 0.0601. The fraction of sp³-hybridized carbons (Fsp3) is 0.625. The predicted octanol–water partition coefficient (Wildman–Crippen LogP) is 2.48. The van der Waals surface area contributed by atoms with E-state index in [-0.39, 0.29) is 11.0 Å². The lowest BCUT2D eigenvalue weighted by Gasteiger charge is -2.04. The zero-order valence-electron chi connectivity index (χ0n) is 6.59. The molecular formula is C8H14OS. The highest BCUT2D eigenvalue weighted by Gasteiger charge is 2.10. The molecule has 0 aliphatic rings. The average molecular weight is 158 g/mol. The van der Waals surface area contributed by atoms with Gasteiger partial charge in [0, 0.05) is 5.92 Å². The average Bonchev–Trinajstić information content (AvgIpc) is 1.91. The van der Waals surface area contributed by atoms with Crippen LogP contribution in [0.1, 0.15) is 20.3 Å². The van der Waals surface area contributed by atoms with E-state index in [1.54, 1.807) is 6.08 Å². The summed E-state index contributed by atoms with van der Waals surface area (Å²) in [6.45, 7) is 7.59. The molecule has 0 aromatic rings. The van der Waals surface area contributed by atoms with Crippen LogP contribution in [0, 0.1) is 5.92 Å². The zero-order valence-corrected chi connectivity index (χ0v) is 7.41. The minimum Gasteiger partial charge on any atom is -0.287 e. The highest BCUT2D eigenvalue weighted by Crippen LogP contribution is 2.14. The van der Waals surface area contributed by atoms with Crippen molar-refractivity contribution >= 4 is 16.9 Å². The first-order chi connectivity index (χ1) is 4.76. The maximum Gasteiger partial charge on any atom is 0.195 e. The second-order valence-electron chi connectivity index (χ2n) is 2.00. The van der Waals surface area contributed by atoms with Crippen LogP contribution in [-0.2, 0) is 4.79 Å². The van der Waals surface area contributed by atoms with E-state index in [1.807, 2.05) is 13.8 Å². The topological polar surface area (TPSA) is 17.1 Å². The van der Waals surface area contributed by atoms with Gasteiger partial charge in [-0.25, -0.2) is 0 Å². The Balaban J connectivity index is 3.76. The van der Waals surface area contributed by atoms with E-state index in [1.165, 1.54) is 11.8 Å². The van der Waals surface area contributed by atoms with E-state index < -0.39 is 0 Å². The van der Waals surface area contributed by atoms with Crippen molar-refractivity contribution in [2.75, 3.05) is 5.75 Å². The van der Waals surface area contributed by atoms with Crippen molar-refractivity contribution in [3.63, 3.8) is 0 Å². The summed E-state index contributed by atoms with van der Waals surface area (Å²) >= 11 is 1.38. The number of carbonyl (C=O) groups is 1. The van der Waals surface area contributed by atoms with Gasteiger partial charge in [-0.1, -0.05) is 31.7 Å². The minimum absolute atomic E-state index is 0.0601. The maximum atomic E-state index is 11.1. The van der Waals surface area contributed by atoms with E-state index >= 15 is 0 Å². The molecule has 0 rings (SSSR count). The highest BCUT2D eigenvalue weighted by atomic mass is 32.2. The molecule has 1 unspecified atom stereocenters. The Morgan fingerprint density at radius 3 is 2.60 bits per heavy atom. The summed E-state index contributed by atoms with van der Waals surface area (Å²) in [6, 6.07) is 0. The van der Waals surface area contributed by atoms with Crippen LogP contribution in [0.2, 0.25) is 0 Å². The predicted molar refractivity (Wildman–Crippen MR) is 47.1 cm³/mol. The maximum absolute atomic E-state index is 11.1. The van der Waals surface area contributed by atoms with Gasteiger partial charge >= 0.3 is 0 Å². The Labute approximate surface area is 66.9 Å². The Kier molecular flexibility index (Phi) is 5.40. The largest absolute Gasteiger partial charge is 0.287 e. The Morgan fingerprint density at radius 2 is 2.30 bits per heavy atom. The molecule has 10 heavy (non-hydrogen) atoms. The van der Waals surface area contributed by atoms with Crippen molar-refractivity contribution in [1.82, 2.24) is 0 Å². The van der Waals surface area contributed by atoms with Gasteiger partial charge in [0.1, 0.15) is 0 Å². The number of rotatable bonds is 4. The van der Waals surface area contributed by atoms with E-state index in [0.29, 0.717) is 0 Å². The summed E-state index contributed by atoms with van der Waals surface area (Å²) in [5.41, 5.74) is 0. The van der Waals surface area contributed by atoms with Crippen LogP contribution >= 0.6 is 11.8 Å². The molecule has 0 fully saturated rings. The first kappa shape index (κ1) is 9.76. The van der Waals surface area contributed by atoms with E-state index in [9.17, 15) is 4.79 Å². The van der Waals surface area contributed by atoms with Gasteiger partial charge in [0.25, 0.3) is 0 Å². The van der Waals surface area contributed by atoms with Crippen molar-refractivity contribution in [3.05, 3.63) is 12.7 Å². The second kappa shape index (κ2) is 5.54. The number of thioether (sulfide) groups is 1. The molecule has 0 bridgehead atoms. The molecule has 1 nitrogen and oxygen atoms in total. The van der Waals surface area contributed by atoms with E-state index in [2.05, 4.69) is 6.58 Å². The molecule has 0 heterocycles. The van der Waals surface area contributed by atoms with Crippen LogP contribution in [0.15, 0.2) is 12.7 Å². The molecule has 0 spiro atoms. The van der Waals surface area contributed by atoms with Gasteiger partial charge in [0.05, 0.1) is 0 Å². The molecule has 0 aliphatic heterocycles. The standard InChI is InChI=1S/C8H14OS/c1-4-7(5-2)8(9)10-6-3/h4,7H,1,5-6H2,2-3H3. The van der Waals surface area contributed by atoms with E-state index in [4.69, 9.17) is 0 Å². The van der Waals surface area contributed by atoms with Gasteiger partial charge in [0.2, 0.25) is 0 Å². The van der Waals surface area contributed by atoms with Crippen LogP contribution in [0.25, 0.3) is 0 Å². The van der Waals surface area contributed by atoms with Crippen LogP contribution < -0.4 is 0 Å².